The lowest BCUT2D eigenvalue weighted by atomic mass is 10.1. The van der Waals surface area contributed by atoms with Crippen molar-refractivity contribution in [2.24, 2.45) is 5.92 Å². The molecule has 1 aliphatic rings. The van der Waals surface area contributed by atoms with E-state index < -0.39 is 5.97 Å². The second-order valence-corrected chi connectivity index (χ2v) is 7.76. The van der Waals surface area contributed by atoms with E-state index in [0.717, 1.165) is 23.7 Å². The number of ether oxygens (including phenoxy) is 2. The summed E-state index contributed by atoms with van der Waals surface area (Å²) in [6.45, 7) is 3.08. The number of aromatic nitrogens is 2. The van der Waals surface area contributed by atoms with E-state index in [1.165, 1.54) is 38.9 Å². The number of methoxy groups -OCH3 is 1. The molecule has 0 amide bonds. The lowest BCUT2D eigenvalue weighted by Crippen LogP contribution is -2.08. The lowest BCUT2D eigenvalue weighted by Gasteiger charge is -2.14. The molecule has 0 unspecified atom stereocenters. The first kappa shape index (κ1) is 20.7. The minimum absolute atomic E-state index is 0.324. The Morgan fingerprint density at radius 1 is 1.32 bits per heavy atom. The van der Waals surface area contributed by atoms with Gasteiger partial charge in [-0.3, -0.25) is 0 Å². The molecule has 0 N–H and O–H groups in total. The maximum absolute atomic E-state index is 11.4. The Morgan fingerprint density at radius 3 is 2.75 bits per heavy atom. The third kappa shape index (κ3) is 5.09. The molecule has 2 aromatic rings. The van der Waals surface area contributed by atoms with E-state index in [1.54, 1.807) is 6.08 Å². The van der Waals surface area contributed by atoms with Crippen molar-refractivity contribution in [2.45, 2.75) is 39.2 Å². The third-order valence-corrected chi connectivity index (χ3v) is 5.67. The van der Waals surface area contributed by atoms with E-state index >= 15 is 0 Å². The van der Waals surface area contributed by atoms with Crippen LogP contribution in [0.1, 0.15) is 42.8 Å². The van der Waals surface area contributed by atoms with Crippen LogP contribution < -0.4 is 4.74 Å². The third-order valence-electron chi connectivity index (χ3n) is 5.04. The summed E-state index contributed by atoms with van der Waals surface area (Å²) < 4.78 is 12.5. The zero-order valence-corrected chi connectivity index (χ0v) is 17.6. The minimum atomic E-state index is -0.455. The van der Waals surface area contributed by atoms with Crippen molar-refractivity contribution in [3.63, 3.8) is 0 Å². The zero-order chi connectivity index (χ0) is 20.1. The number of rotatable bonds is 7. The summed E-state index contributed by atoms with van der Waals surface area (Å²) in [5, 5.41) is 0.946. The Morgan fingerprint density at radius 2 is 2.07 bits per heavy atom. The average Bonchev–Trinajstić information content (AvgIpc) is 3.28. The van der Waals surface area contributed by atoms with Gasteiger partial charge < -0.3 is 14.0 Å². The molecule has 0 radical (unpaired) electrons. The average molecular weight is 423 g/mol. The van der Waals surface area contributed by atoms with Crippen LogP contribution >= 0.6 is 23.2 Å². The SMILES string of the molecule is COC(=O)C=Cc1c(Cl)nc(C)n1Cc1ccc(OCC2CCCC2)cc1Cl. The predicted octanol–water partition coefficient (Wildman–Crippen LogP) is 5.30. The number of halogens is 2. The van der Waals surface area contributed by atoms with Gasteiger partial charge in [-0.2, -0.15) is 0 Å². The first-order chi connectivity index (χ1) is 13.5. The van der Waals surface area contributed by atoms with Crippen LogP contribution in [0.5, 0.6) is 5.75 Å². The number of carbonyl (C=O) groups is 1. The van der Waals surface area contributed by atoms with Crippen molar-refractivity contribution in [3.05, 3.63) is 51.5 Å². The quantitative estimate of drug-likeness (QED) is 0.448. The van der Waals surface area contributed by atoms with E-state index in [0.29, 0.717) is 28.3 Å². The van der Waals surface area contributed by atoms with Crippen LogP contribution in [0.4, 0.5) is 0 Å². The Bertz CT molecular complexity index is 871. The highest BCUT2D eigenvalue weighted by molar-refractivity contribution is 6.31. The summed E-state index contributed by atoms with van der Waals surface area (Å²) in [6.07, 6.45) is 8.00. The summed E-state index contributed by atoms with van der Waals surface area (Å²) in [5.41, 5.74) is 1.54. The van der Waals surface area contributed by atoms with E-state index in [-0.39, 0.29) is 0 Å². The first-order valence-corrected chi connectivity index (χ1v) is 10.1. The van der Waals surface area contributed by atoms with Gasteiger partial charge in [-0.15, -0.1) is 0 Å². The Balaban J connectivity index is 1.74. The van der Waals surface area contributed by atoms with Gasteiger partial charge in [0.2, 0.25) is 0 Å². The predicted molar refractivity (Wildman–Crippen MR) is 111 cm³/mol. The number of benzene rings is 1. The van der Waals surface area contributed by atoms with E-state index in [1.807, 2.05) is 29.7 Å². The van der Waals surface area contributed by atoms with Crippen LogP contribution in [0, 0.1) is 12.8 Å². The lowest BCUT2D eigenvalue weighted by molar-refractivity contribution is -0.134. The van der Waals surface area contributed by atoms with E-state index in [2.05, 4.69) is 9.72 Å². The summed E-state index contributed by atoms with van der Waals surface area (Å²) in [7, 11) is 1.33. The summed E-state index contributed by atoms with van der Waals surface area (Å²) in [5.74, 6) is 1.71. The maximum Gasteiger partial charge on any atom is 0.330 e. The number of esters is 1. The maximum atomic E-state index is 11.4. The van der Waals surface area contributed by atoms with Crippen molar-refractivity contribution in [1.82, 2.24) is 9.55 Å². The van der Waals surface area contributed by atoms with Crippen LogP contribution in [0.3, 0.4) is 0 Å². The molecule has 1 fully saturated rings. The molecule has 1 aromatic carbocycles. The van der Waals surface area contributed by atoms with E-state index in [4.69, 9.17) is 27.9 Å². The van der Waals surface area contributed by atoms with Gasteiger partial charge in [0.1, 0.15) is 11.6 Å². The fourth-order valence-electron chi connectivity index (χ4n) is 3.43. The van der Waals surface area contributed by atoms with Crippen molar-refractivity contribution >= 4 is 35.2 Å². The minimum Gasteiger partial charge on any atom is -0.493 e. The highest BCUT2D eigenvalue weighted by Gasteiger charge is 2.16. The number of hydrogen-bond donors (Lipinski definition) is 0. The first-order valence-electron chi connectivity index (χ1n) is 9.37. The summed E-state index contributed by atoms with van der Waals surface area (Å²) in [6, 6.07) is 5.74. The van der Waals surface area contributed by atoms with Crippen molar-refractivity contribution in [3.8, 4) is 5.75 Å². The van der Waals surface area contributed by atoms with Crippen LogP contribution in [-0.2, 0) is 16.1 Å². The Labute approximate surface area is 175 Å². The topological polar surface area (TPSA) is 53.3 Å². The molecule has 1 saturated carbocycles. The van der Waals surface area contributed by atoms with Crippen LogP contribution in [0.2, 0.25) is 10.2 Å². The van der Waals surface area contributed by atoms with Gasteiger partial charge in [-0.25, -0.2) is 9.78 Å². The monoisotopic (exact) mass is 422 g/mol. The molecule has 5 nitrogen and oxygen atoms in total. The van der Waals surface area contributed by atoms with Crippen molar-refractivity contribution in [2.75, 3.05) is 13.7 Å². The molecule has 0 spiro atoms. The number of hydrogen-bond acceptors (Lipinski definition) is 4. The highest BCUT2D eigenvalue weighted by Crippen LogP contribution is 2.29. The number of carbonyl (C=O) groups excluding carboxylic acids is 1. The Hall–Kier alpha value is -1.98. The molecule has 0 atom stereocenters. The summed E-state index contributed by atoms with van der Waals surface area (Å²) >= 11 is 12.7. The molecule has 1 aliphatic carbocycles. The standard InChI is InChI=1S/C21H24Cl2N2O3/c1-14-24-21(23)19(9-10-20(26)27-2)25(14)12-16-7-8-17(11-18(16)22)28-13-15-5-3-4-6-15/h7-11,15H,3-6,12-13H2,1-2H3. The molecule has 3 rings (SSSR count). The van der Waals surface area contributed by atoms with Crippen molar-refractivity contribution in [1.29, 1.82) is 0 Å². The summed E-state index contributed by atoms with van der Waals surface area (Å²) in [4.78, 5) is 15.7. The van der Waals surface area contributed by atoms with Gasteiger partial charge >= 0.3 is 5.97 Å². The molecular weight excluding hydrogens is 399 g/mol. The van der Waals surface area contributed by atoms with E-state index in [9.17, 15) is 4.79 Å². The zero-order valence-electron chi connectivity index (χ0n) is 16.1. The molecule has 7 heteroatoms. The van der Waals surface area contributed by atoms with Crippen LogP contribution in [0.15, 0.2) is 24.3 Å². The molecular formula is C21H24Cl2N2O3. The highest BCUT2D eigenvalue weighted by atomic mass is 35.5. The normalized spacial score (nSPS) is 14.7. The number of aryl methyl sites for hydroxylation is 1. The van der Waals surface area contributed by atoms with Crippen LogP contribution in [0.25, 0.3) is 6.08 Å². The second-order valence-electron chi connectivity index (χ2n) is 6.99. The fraction of sp³-hybridized carbons (Fsp3) is 0.429. The molecule has 0 bridgehead atoms. The molecule has 150 valence electrons. The largest absolute Gasteiger partial charge is 0.493 e. The smallest absolute Gasteiger partial charge is 0.330 e. The molecule has 28 heavy (non-hydrogen) atoms. The number of imidazole rings is 1. The van der Waals surface area contributed by atoms with Gasteiger partial charge in [0.15, 0.2) is 5.15 Å². The number of nitrogens with zero attached hydrogens (tertiary/aromatic N) is 2. The molecule has 1 aromatic heterocycles. The molecule has 0 saturated heterocycles. The van der Waals surface area contributed by atoms with Crippen LogP contribution in [-0.4, -0.2) is 29.2 Å². The van der Waals surface area contributed by atoms with Gasteiger partial charge in [0.05, 0.1) is 26.0 Å². The molecule has 1 heterocycles. The second kappa shape index (κ2) is 9.48. The van der Waals surface area contributed by atoms with Gasteiger partial charge in [0, 0.05) is 11.1 Å². The van der Waals surface area contributed by atoms with Crippen molar-refractivity contribution < 1.29 is 14.3 Å². The molecule has 0 aliphatic heterocycles. The fourth-order valence-corrected chi connectivity index (χ4v) is 3.94. The van der Waals surface area contributed by atoms with Gasteiger partial charge in [0.25, 0.3) is 0 Å². The van der Waals surface area contributed by atoms with Gasteiger partial charge in [-0.05, 0) is 49.5 Å². The van der Waals surface area contributed by atoms with Gasteiger partial charge in [-0.1, -0.05) is 42.1 Å². The Kier molecular flexibility index (Phi) is 7.03.